The molecule has 0 aromatic carbocycles. The molecule has 0 bridgehead atoms. The van der Waals surface area contributed by atoms with E-state index in [0.29, 0.717) is 0 Å². The number of nitrogens with zero attached hydrogens (tertiary/aromatic N) is 2. The molecule has 2 rings (SSSR count). The molecule has 1 aliphatic heterocycles. The Kier molecular flexibility index (Phi) is 5.75. The van der Waals surface area contributed by atoms with Crippen molar-refractivity contribution in [2.75, 3.05) is 45.9 Å². The summed E-state index contributed by atoms with van der Waals surface area (Å²) in [7, 11) is 0. The van der Waals surface area contributed by atoms with E-state index >= 15 is 0 Å². The van der Waals surface area contributed by atoms with Gasteiger partial charge < -0.3 is 14.5 Å². The summed E-state index contributed by atoms with van der Waals surface area (Å²) in [5.74, 6) is 1.04. The summed E-state index contributed by atoms with van der Waals surface area (Å²) in [5, 5.41) is 0. The van der Waals surface area contributed by atoms with Gasteiger partial charge in [-0.05, 0) is 25.5 Å². The van der Waals surface area contributed by atoms with E-state index < -0.39 is 0 Å². The maximum Gasteiger partial charge on any atom is 0.100 e. The largest absolute Gasteiger partial charge is 0.498 e. The molecule has 0 atom stereocenters. The van der Waals surface area contributed by atoms with E-state index in [2.05, 4.69) is 35.3 Å². The Labute approximate surface area is 111 Å². The van der Waals surface area contributed by atoms with Crippen molar-refractivity contribution in [3.63, 3.8) is 0 Å². The highest BCUT2D eigenvalue weighted by Gasteiger charge is 2.14. The van der Waals surface area contributed by atoms with Crippen molar-refractivity contribution in [2.24, 2.45) is 0 Å². The maximum atomic E-state index is 5.73. The maximum absolute atomic E-state index is 5.73. The molecule has 3 nitrogen and oxygen atoms in total. The second kappa shape index (κ2) is 7.59. The van der Waals surface area contributed by atoms with Gasteiger partial charge in [-0.1, -0.05) is 19.1 Å². The normalized spacial score (nSPS) is 21.9. The molecular weight excluding hydrogens is 224 g/mol. The molecule has 0 aromatic heterocycles. The van der Waals surface area contributed by atoms with Crippen LogP contribution >= 0.6 is 0 Å². The Morgan fingerprint density at radius 2 is 1.94 bits per heavy atom. The number of hydrogen-bond donors (Lipinski definition) is 0. The van der Waals surface area contributed by atoms with Gasteiger partial charge in [0, 0.05) is 39.1 Å². The van der Waals surface area contributed by atoms with E-state index in [1.54, 1.807) is 0 Å². The van der Waals surface area contributed by atoms with Gasteiger partial charge in [0.2, 0.25) is 0 Å². The zero-order valence-electron chi connectivity index (χ0n) is 11.5. The molecule has 0 unspecified atom stereocenters. The van der Waals surface area contributed by atoms with Crippen LogP contribution in [0.4, 0.5) is 0 Å². The minimum atomic E-state index is 0.837. The molecule has 1 aliphatic carbocycles. The zero-order valence-corrected chi connectivity index (χ0v) is 11.5. The van der Waals surface area contributed by atoms with Crippen molar-refractivity contribution in [3.05, 3.63) is 30.4 Å². The standard InChI is InChI=1S/C15H25N2O/c1-2-16-10-12-17(13-11-16)9-6-14-18-15-7-4-3-5-8-15/h3-4,7-8H,2,5-6,9-14H2,1H3. The Bertz CT molecular complexity index is 291. The first-order valence-corrected chi connectivity index (χ1v) is 7.16. The van der Waals surface area contributed by atoms with Crippen LogP contribution in [0.2, 0.25) is 0 Å². The molecule has 0 aromatic rings. The first-order chi connectivity index (χ1) is 8.88. The fourth-order valence-electron chi connectivity index (χ4n) is 2.41. The summed E-state index contributed by atoms with van der Waals surface area (Å²) in [5.41, 5.74) is 0. The average molecular weight is 249 g/mol. The Hall–Kier alpha value is -0.800. The van der Waals surface area contributed by atoms with Crippen molar-refractivity contribution in [1.29, 1.82) is 0 Å². The van der Waals surface area contributed by atoms with Crippen LogP contribution in [-0.4, -0.2) is 55.7 Å². The second-order valence-corrected chi connectivity index (χ2v) is 4.91. The van der Waals surface area contributed by atoms with Crippen LogP contribution in [-0.2, 0) is 4.74 Å². The van der Waals surface area contributed by atoms with Crippen LogP contribution < -0.4 is 0 Å². The number of hydrogen-bond acceptors (Lipinski definition) is 3. The van der Waals surface area contributed by atoms with Gasteiger partial charge in [-0.25, -0.2) is 0 Å². The van der Waals surface area contributed by atoms with Gasteiger partial charge in [0.15, 0.2) is 0 Å². The number of likely N-dealkylation sites (N-methyl/N-ethyl adjacent to an activating group) is 1. The van der Waals surface area contributed by atoms with Crippen LogP contribution in [0.25, 0.3) is 0 Å². The molecule has 0 N–H and O–H groups in total. The minimum Gasteiger partial charge on any atom is -0.498 e. The molecule has 1 radical (unpaired) electrons. The molecule has 1 heterocycles. The van der Waals surface area contributed by atoms with Crippen molar-refractivity contribution in [2.45, 2.75) is 19.8 Å². The Balaban J connectivity index is 1.53. The van der Waals surface area contributed by atoms with Gasteiger partial charge in [0.05, 0.1) is 6.61 Å². The first kappa shape index (κ1) is 13.6. The van der Waals surface area contributed by atoms with E-state index in [1.807, 2.05) is 6.08 Å². The van der Waals surface area contributed by atoms with E-state index in [9.17, 15) is 0 Å². The lowest BCUT2D eigenvalue weighted by Crippen LogP contribution is -2.46. The summed E-state index contributed by atoms with van der Waals surface area (Å²) >= 11 is 0. The van der Waals surface area contributed by atoms with Gasteiger partial charge in [0.1, 0.15) is 5.76 Å². The van der Waals surface area contributed by atoms with Crippen molar-refractivity contribution in [3.8, 4) is 0 Å². The Morgan fingerprint density at radius 3 is 2.61 bits per heavy atom. The molecule has 3 heteroatoms. The lowest BCUT2D eigenvalue weighted by Gasteiger charge is -2.33. The molecule has 1 fully saturated rings. The third kappa shape index (κ3) is 4.46. The molecule has 0 spiro atoms. The van der Waals surface area contributed by atoms with Crippen molar-refractivity contribution < 1.29 is 4.74 Å². The predicted octanol–water partition coefficient (Wildman–Crippen LogP) is 2.08. The summed E-state index contributed by atoms with van der Waals surface area (Å²) in [6.07, 6.45) is 10.5. The molecule has 2 aliphatic rings. The molecule has 101 valence electrons. The van der Waals surface area contributed by atoms with Gasteiger partial charge in [0.25, 0.3) is 0 Å². The fourth-order valence-corrected chi connectivity index (χ4v) is 2.41. The average Bonchev–Trinajstić information content (AvgIpc) is 2.45. The van der Waals surface area contributed by atoms with Crippen LogP contribution in [0.3, 0.4) is 0 Å². The minimum absolute atomic E-state index is 0.837. The number of rotatable bonds is 6. The molecule has 0 amide bonds. The van der Waals surface area contributed by atoms with Crippen LogP contribution in [0.15, 0.2) is 24.0 Å². The lowest BCUT2D eigenvalue weighted by molar-refractivity contribution is 0.123. The molecule has 1 saturated heterocycles. The van der Waals surface area contributed by atoms with Crippen molar-refractivity contribution >= 4 is 0 Å². The van der Waals surface area contributed by atoms with Crippen LogP contribution in [0.1, 0.15) is 19.8 Å². The SMILES string of the molecule is CCN1CCN(CCCOC2=CC=CC[CH]2)CC1. The summed E-state index contributed by atoms with van der Waals surface area (Å²) in [6, 6.07) is 0. The van der Waals surface area contributed by atoms with Gasteiger partial charge >= 0.3 is 0 Å². The molecular formula is C15H25N2O. The highest BCUT2D eigenvalue weighted by atomic mass is 16.5. The third-order valence-corrected chi connectivity index (χ3v) is 3.65. The monoisotopic (exact) mass is 249 g/mol. The summed E-state index contributed by atoms with van der Waals surface area (Å²) < 4.78 is 5.73. The Morgan fingerprint density at radius 1 is 1.17 bits per heavy atom. The lowest BCUT2D eigenvalue weighted by atomic mass is 10.2. The van der Waals surface area contributed by atoms with Crippen LogP contribution in [0.5, 0.6) is 0 Å². The third-order valence-electron chi connectivity index (χ3n) is 3.65. The summed E-state index contributed by atoms with van der Waals surface area (Å²) in [6.45, 7) is 10.3. The van der Waals surface area contributed by atoms with E-state index in [1.165, 1.54) is 39.3 Å². The van der Waals surface area contributed by atoms with Crippen molar-refractivity contribution in [1.82, 2.24) is 9.80 Å². The smallest absolute Gasteiger partial charge is 0.100 e. The first-order valence-electron chi connectivity index (χ1n) is 7.16. The van der Waals surface area contributed by atoms with Gasteiger partial charge in [-0.15, -0.1) is 0 Å². The van der Waals surface area contributed by atoms with Gasteiger partial charge in [-0.2, -0.15) is 0 Å². The van der Waals surface area contributed by atoms with E-state index in [4.69, 9.17) is 4.74 Å². The summed E-state index contributed by atoms with van der Waals surface area (Å²) in [4.78, 5) is 5.07. The quantitative estimate of drug-likeness (QED) is 0.670. The fraction of sp³-hybridized carbons (Fsp3) is 0.667. The van der Waals surface area contributed by atoms with Crippen LogP contribution in [0, 0.1) is 6.42 Å². The number of piperazine rings is 1. The highest BCUT2D eigenvalue weighted by Crippen LogP contribution is 2.12. The van der Waals surface area contributed by atoms with Gasteiger partial charge in [-0.3, -0.25) is 0 Å². The molecule has 18 heavy (non-hydrogen) atoms. The number of ether oxygens (including phenoxy) is 1. The zero-order chi connectivity index (χ0) is 12.6. The topological polar surface area (TPSA) is 15.7 Å². The van der Waals surface area contributed by atoms with E-state index in [-0.39, 0.29) is 0 Å². The molecule has 0 saturated carbocycles. The number of allylic oxidation sites excluding steroid dienone is 4. The van der Waals surface area contributed by atoms with E-state index in [0.717, 1.165) is 25.2 Å². The predicted molar refractivity (Wildman–Crippen MR) is 75.3 cm³/mol. The highest BCUT2D eigenvalue weighted by molar-refractivity contribution is 5.21. The second-order valence-electron chi connectivity index (χ2n) is 4.91.